The average Bonchev–Trinajstić information content (AvgIpc) is 2.74. The summed E-state index contributed by atoms with van der Waals surface area (Å²) < 4.78 is 0.976. The first-order valence-corrected chi connectivity index (χ1v) is 10.8. The summed E-state index contributed by atoms with van der Waals surface area (Å²) in [5, 5.41) is 0. The van der Waals surface area contributed by atoms with E-state index in [0.29, 0.717) is 6.42 Å². The van der Waals surface area contributed by atoms with Crippen LogP contribution in [0, 0.1) is 0 Å². The van der Waals surface area contributed by atoms with E-state index < -0.39 is 5.41 Å². The lowest BCUT2D eigenvalue weighted by Gasteiger charge is -2.38. The SMILES string of the molecule is C[C@@H](CC(C(=O)Cc1ccccc1Br)(c1ccccc1)c1ccccc1)N(C)C. The van der Waals surface area contributed by atoms with Crippen LogP contribution in [0.4, 0.5) is 0 Å². The molecule has 0 radical (unpaired) electrons. The van der Waals surface area contributed by atoms with Gasteiger partial charge >= 0.3 is 0 Å². The van der Waals surface area contributed by atoms with Gasteiger partial charge in [0.05, 0.1) is 5.41 Å². The predicted octanol–water partition coefficient (Wildman–Crippen LogP) is 5.89. The van der Waals surface area contributed by atoms with Crippen molar-refractivity contribution < 1.29 is 4.79 Å². The fraction of sp³-hybridized carbons (Fsp3) is 0.269. The lowest BCUT2D eigenvalue weighted by molar-refractivity contribution is -0.123. The molecular formula is C26H28BrNO. The van der Waals surface area contributed by atoms with Gasteiger partial charge in [-0.05, 0) is 50.2 Å². The molecule has 150 valence electrons. The molecule has 0 bridgehead atoms. The zero-order valence-electron chi connectivity index (χ0n) is 17.3. The van der Waals surface area contributed by atoms with E-state index in [9.17, 15) is 4.79 Å². The fourth-order valence-electron chi connectivity index (χ4n) is 3.87. The standard InChI is InChI=1S/C26H28BrNO/c1-20(28(2)3)19-26(22-13-6-4-7-14-22,23-15-8-5-9-16-23)25(29)18-21-12-10-11-17-24(21)27/h4-17,20H,18-19H2,1-3H3/t20-/m0/s1. The van der Waals surface area contributed by atoms with Crippen molar-refractivity contribution in [1.29, 1.82) is 0 Å². The molecule has 0 unspecified atom stereocenters. The minimum absolute atomic E-state index is 0.218. The van der Waals surface area contributed by atoms with Gasteiger partial charge in [0.25, 0.3) is 0 Å². The Morgan fingerprint density at radius 1 is 0.862 bits per heavy atom. The lowest BCUT2D eigenvalue weighted by Crippen LogP contribution is -2.44. The van der Waals surface area contributed by atoms with Crippen molar-refractivity contribution in [2.45, 2.75) is 31.2 Å². The molecule has 3 aromatic carbocycles. The van der Waals surface area contributed by atoms with Gasteiger partial charge in [0.1, 0.15) is 0 Å². The Morgan fingerprint density at radius 2 is 1.34 bits per heavy atom. The van der Waals surface area contributed by atoms with Crippen LogP contribution < -0.4 is 0 Å². The minimum Gasteiger partial charge on any atom is -0.307 e. The van der Waals surface area contributed by atoms with Crippen molar-refractivity contribution in [3.05, 3.63) is 106 Å². The van der Waals surface area contributed by atoms with E-state index in [1.54, 1.807) is 0 Å². The van der Waals surface area contributed by atoms with Crippen molar-refractivity contribution in [3.63, 3.8) is 0 Å². The van der Waals surface area contributed by atoms with Gasteiger partial charge < -0.3 is 4.90 Å². The zero-order chi connectivity index (χ0) is 20.9. The summed E-state index contributed by atoms with van der Waals surface area (Å²) >= 11 is 3.62. The molecule has 0 aliphatic rings. The van der Waals surface area contributed by atoms with E-state index in [1.165, 1.54) is 0 Å². The van der Waals surface area contributed by atoms with E-state index in [4.69, 9.17) is 0 Å². The summed E-state index contributed by atoms with van der Waals surface area (Å²) in [7, 11) is 4.15. The first kappa shape index (κ1) is 21.5. The van der Waals surface area contributed by atoms with E-state index in [1.807, 2.05) is 60.7 Å². The van der Waals surface area contributed by atoms with Gasteiger partial charge in [-0.25, -0.2) is 0 Å². The summed E-state index contributed by atoms with van der Waals surface area (Å²) in [5.74, 6) is 0.218. The molecule has 0 saturated carbocycles. The molecule has 0 aromatic heterocycles. The number of hydrogen-bond donors (Lipinski definition) is 0. The quantitative estimate of drug-likeness (QED) is 0.427. The molecule has 0 heterocycles. The summed E-state index contributed by atoms with van der Waals surface area (Å²) in [6.45, 7) is 2.19. The Labute approximate surface area is 182 Å². The van der Waals surface area contributed by atoms with Crippen LogP contribution in [0.5, 0.6) is 0 Å². The Bertz CT molecular complexity index is 898. The third kappa shape index (κ3) is 4.68. The van der Waals surface area contributed by atoms with E-state index in [0.717, 1.165) is 27.6 Å². The molecule has 3 rings (SSSR count). The van der Waals surface area contributed by atoms with Crippen molar-refractivity contribution in [1.82, 2.24) is 4.90 Å². The first-order valence-electron chi connectivity index (χ1n) is 9.99. The fourth-order valence-corrected chi connectivity index (χ4v) is 4.30. The number of hydrogen-bond acceptors (Lipinski definition) is 2. The number of halogens is 1. The van der Waals surface area contributed by atoms with Crippen LogP contribution in [-0.2, 0) is 16.6 Å². The highest BCUT2D eigenvalue weighted by Gasteiger charge is 2.42. The smallest absolute Gasteiger partial charge is 0.152 e. The van der Waals surface area contributed by atoms with Gasteiger partial charge in [-0.3, -0.25) is 4.79 Å². The predicted molar refractivity (Wildman–Crippen MR) is 124 cm³/mol. The summed E-state index contributed by atoms with van der Waals surface area (Å²) in [5.41, 5.74) is 2.42. The van der Waals surface area contributed by atoms with Crippen LogP contribution >= 0.6 is 15.9 Å². The van der Waals surface area contributed by atoms with Crippen molar-refractivity contribution in [2.24, 2.45) is 0 Å². The highest BCUT2D eigenvalue weighted by atomic mass is 79.9. The molecule has 0 amide bonds. The minimum atomic E-state index is -0.707. The molecule has 0 aliphatic heterocycles. The highest BCUT2D eigenvalue weighted by Crippen LogP contribution is 2.40. The van der Waals surface area contributed by atoms with Gasteiger partial charge in [0, 0.05) is 16.9 Å². The normalized spacial score (nSPS) is 12.7. The van der Waals surface area contributed by atoms with Crippen LogP contribution in [0.3, 0.4) is 0 Å². The molecule has 0 N–H and O–H groups in total. The Hall–Kier alpha value is -2.23. The summed E-state index contributed by atoms with van der Waals surface area (Å²) in [4.78, 5) is 16.3. The molecule has 0 spiro atoms. The third-order valence-electron chi connectivity index (χ3n) is 5.80. The second-order valence-electron chi connectivity index (χ2n) is 7.85. The van der Waals surface area contributed by atoms with E-state index in [2.05, 4.69) is 66.1 Å². The molecule has 29 heavy (non-hydrogen) atoms. The highest BCUT2D eigenvalue weighted by molar-refractivity contribution is 9.10. The second kappa shape index (κ2) is 9.51. The maximum Gasteiger partial charge on any atom is 0.152 e. The van der Waals surface area contributed by atoms with Crippen LogP contribution in [0.2, 0.25) is 0 Å². The van der Waals surface area contributed by atoms with Gasteiger partial charge in [-0.2, -0.15) is 0 Å². The maximum atomic E-state index is 14.1. The van der Waals surface area contributed by atoms with Crippen LogP contribution in [0.25, 0.3) is 0 Å². The number of ketones is 1. The van der Waals surface area contributed by atoms with Crippen molar-refractivity contribution in [2.75, 3.05) is 14.1 Å². The molecule has 0 fully saturated rings. The van der Waals surface area contributed by atoms with Crippen LogP contribution in [-0.4, -0.2) is 30.8 Å². The topological polar surface area (TPSA) is 20.3 Å². The average molecular weight is 450 g/mol. The van der Waals surface area contributed by atoms with E-state index >= 15 is 0 Å². The Balaban J connectivity index is 2.17. The van der Waals surface area contributed by atoms with Crippen LogP contribution in [0.1, 0.15) is 30.0 Å². The second-order valence-corrected chi connectivity index (χ2v) is 8.70. The Kier molecular flexibility index (Phi) is 7.05. The van der Waals surface area contributed by atoms with Gasteiger partial charge in [0.2, 0.25) is 0 Å². The summed E-state index contributed by atoms with van der Waals surface area (Å²) in [6, 6.07) is 28.7. The van der Waals surface area contributed by atoms with E-state index in [-0.39, 0.29) is 11.8 Å². The Morgan fingerprint density at radius 3 is 1.83 bits per heavy atom. The number of rotatable bonds is 8. The number of nitrogens with zero attached hydrogens (tertiary/aromatic N) is 1. The first-order chi connectivity index (χ1) is 13.9. The lowest BCUT2D eigenvalue weighted by atomic mass is 9.66. The molecule has 3 aromatic rings. The third-order valence-corrected chi connectivity index (χ3v) is 6.57. The van der Waals surface area contributed by atoms with Crippen molar-refractivity contribution in [3.8, 4) is 0 Å². The van der Waals surface area contributed by atoms with Crippen LogP contribution in [0.15, 0.2) is 89.4 Å². The molecule has 0 aliphatic carbocycles. The maximum absolute atomic E-state index is 14.1. The molecule has 1 atom stereocenters. The molecule has 2 nitrogen and oxygen atoms in total. The summed E-state index contributed by atoms with van der Waals surface area (Å²) in [6.07, 6.45) is 1.10. The van der Waals surface area contributed by atoms with Crippen molar-refractivity contribution >= 4 is 21.7 Å². The molecular weight excluding hydrogens is 422 g/mol. The monoisotopic (exact) mass is 449 g/mol. The number of benzene rings is 3. The number of carbonyl (C=O) groups is 1. The molecule has 0 saturated heterocycles. The van der Waals surface area contributed by atoms with Gasteiger partial charge in [-0.1, -0.05) is 94.8 Å². The molecule has 3 heteroatoms. The largest absolute Gasteiger partial charge is 0.307 e. The van der Waals surface area contributed by atoms with Gasteiger partial charge in [0.15, 0.2) is 5.78 Å². The number of Topliss-reactive ketones (excluding diaryl/α,β-unsaturated/α-hetero) is 1. The number of carbonyl (C=O) groups excluding carboxylic acids is 1. The zero-order valence-corrected chi connectivity index (χ0v) is 18.9. The van der Waals surface area contributed by atoms with Gasteiger partial charge in [-0.15, -0.1) is 0 Å².